The third kappa shape index (κ3) is 3.33. The van der Waals surface area contributed by atoms with Crippen molar-refractivity contribution in [1.82, 2.24) is 4.72 Å². The number of alkyl halides is 2. The van der Waals surface area contributed by atoms with Gasteiger partial charge in [0.05, 0.1) is 15.7 Å². The maximum atomic E-state index is 14.2. The molecule has 0 saturated heterocycles. The van der Waals surface area contributed by atoms with Gasteiger partial charge in [0.15, 0.2) is 0 Å². The monoisotopic (exact) mass is 337 g/mol. The second-order valence-corrected chi connectivity index (χ2v) is 7.93. The summed E-state index contributed by atoms with van der Waals surface area (Å²) in [5.74, 6) is -7.82. The Morgan fingerprint density at radius 1 is 1.18 bits per heavy atom. The SMILES string of the molecule is CC(C)(C)[S@@](=O)NC(C)(c1ccccc1F)C(F)(F)C(=O)O. The molecule has 0 saturated carbocycles. The van der Waals surface area contributed by atoms with Gasteiger partial charge in [-0.25, -0.2) is 18.1 Å². The van der Waals surface area contributed by atoms with Gasteiger partial charge in [-0.1, -0.05) is 18.2 Å². The largest absolute Gasteiger partial charge is 0.477 e. The Bertz CT molecular complexity index is 601. The van der Waals surface area contributed by atoms with Crippen LogP contribution in [0.1, 0.15) is 33.3 Å². The van der Waals surface area contributed by atoms with Gasteiger partial charge < -0.3 is 5.11 Å². The molecule has 0 aliphatic heterocycles. The fourth-order valence-electron chi connectivity index (χ4n) is 1.71. The Morgan fingerprint density at radius 3 is 2.09 bits per heavy atom. The van der Waals surface area contributed by atoms with E-state index >= 15 is 0 Å². The Hall–Kier alpha value is -1.41. The molecule has 22 heavy (non-hydrogen) atoms. The molecule has 0 amide bonds. The molecule has 0 radical (unpaired) electrons. The van der Waals surface area contributed by atoms with Crippen LogP contribution in [-0.4, -0.2) is 26.0 Å². The molecule has 1 aromatic rings. The molecule has 0 aromatic heterocycles. The zero-order valence-corrected chi connectivity index (χ0v) is 13.4. The molecular formula is C14H18F3NO3S. The van der Waals surface area contributed by atoms with Crippen molar-refractivity contribution in [2.24, 2.45) is 0 Å². The number of benzene rings is 1. The van der Waals surface area contributed by atoms with Gasteiger partial charge >= 0.3 is 11.9 Å². The lowest BCUT2D eigenvalue weighted by molar-refractivity contribution is -0.177. The number of carboxylic acids is 1. The standard InChI is InChI=1S/C14H18F3NO3S/c1-12(2,3)22(21)18-13(4,14(16,17)11(19)20)9-7-5-6-8-10(9)15/h5-8,18H,1-4H3,(H,19,20)/t13?,22-/m1/s1. The highest BCUT2D eigenvalue weighted by Crippen LogP contribution is 2.40. The summed E-state index contributed by atoms with van der Waals surface area (Å²) in [4.78, 5) is 11.0. The number of rotatable bonds is 5. The highest BCUT2D eigenvalue weighted by atomic mass is 32.2. The van der Waals surface area contributed by atoms with Gasteiger partial charge in [-0.05, 0) is 33.8 Å². The van der Waals surface area contributed by atoms with Crippen molar-refractivity contribution in [1.29, 1.82) is 0 Å². The van der Waals surface area contributed by atoms with Gasteiger partial charge in [0, 0.05) is 5.56 Å². The molecular weight excluding hydrogens is 319 g/mol. The molecule has 1 rings (SSSR count). The van der Waals surface area contributed by atoms with E-state index in [9.17, 15) is 22.2 Å². The van der Waals surface area contributed by atoms with E-state index in [0.29, 0.717) is 0 Å². The molecule has 124 valence electrons. The van der Waals surface area contributed by atoms with Crippen LogP contribution in [0.2, 0.25) is 0 Å². The Balaban J connectivity index is 3.50. The molecule has 0 spiro atoms. The van der Waals surface area contributed by atoms with Crippen LogP contribution in [0.5, 0.6) is 0 Å². The minimum atomic E-state index is -4.38. The molecule has 8 heteroatoms. The van der Waals surface area contributed by atoms with Crippen LogP contribution in [0.15, 0.2) is 24.3 Å². The maximum absolute atomic E-state index is 14.2. The lowest BCUT2D eigenvalue weighted by Crippen LogP contribution is -2.60. The summed E-state index contributed by atoms with van der Waals surface area (Å²) >= 11 is 0. The van der Waals surface area contributed by atoms with Gasteiger partial charge in [-0.3, -0.25) is 0 Å². The molecule has 4 nitrogen and oxygen atoms in total. The van der Waals surface area contributed by atoms with E-state index in [4.69, 9.17) is 5.11 Å². The predicted molar refractivity (Wildman–Crippen MR) is 77.4 cm³/mol. The number of carbonyl (C=O) groups is 1. The molecule has 2 atom stereocenters. The van der Waals surface area contributed by atoms with Crippen molar-refractivity contribution in [2.45, 2.75) is 43.9 Å². The zero-order chi connectivity index (χ0) is 17.3. The first-order valence-corrected chi connectivity index (χ1v) is 7.55. The first-order valence-electron chi connectivity index (χ1n) is 6.40. The van der Waals surface area contributed by atoms with Crippen LogP contribution in [0, 0.1) is 5.82 Å². The maximum Gasteiger partial charge on any atom is 0.377 e. The average Bonchev–Trinajstić information content (AvgIpc) is 2.37. The van der Waals surface area contributed by atoms with E-state index in [2.05, 4.69) is 4.72 Å². The normalized spacial score (nSPS) is 16.9. The van der Waals surface area contributed by atoms with Crippen LogP contribution < -0.4 is 4.72 Å². The summed E-state index contributed by atoms with van der Waals surface area (Å²) in [7, 11) is -2.04. The summed E-state index contributed by atoms with van der Waals surface area (Å²) in [6, 6.07) is 4.57. The molecule has 0 bridgehead atoms. The highest BCUT2D eigenvalue weighted by molar-refractivity contribution is 7.84. The highest BCUT2D eigenvalue weighted by Gasteiger charge is 2.59. The fourth-order valence-corrected chi connectivity index (χ4v) is 2.62. The van der Waals surface area contributed by atoms with Gasteiger partial charge in [0.1, 0.15) is 11.4 Å². The number of halogens is 3. The van der Waals surface area contributed by atoms with E-state index in [-0.39, 0.29) is 0 Å². The number of carboxylic acid groups (broad SMARTS) is 1. The Labute approximate surface area is 129 Å². The van der Waals surface area contributed by atoms with E-state index in [1.807, 2.05) is 0 Å². The average molecular weight is 337 g/mol. The van der Waals surface area contributed by atoms with Crippen LogP contribution in [0.4, 0.5) is 13.2 Å². The van der Waals surface area contributed by atoms with Crippen molar-refractivity contribution in [3.63, 3.8) is 0 Å². The minimum Gasteiger partial charge on any atom is -0.477 e. The third-order valence-corrected chi connectivity index (χ3v) is 4.87. The van der Waals surface area contributed by atoms with Gasteiger partial charge in [0.2, 0.25) is 0 Å². The van der Waals surface area contributed by atoms with E-state index in [1.165, 1.54) is 32.9 Å². The molecule has 1 unspecified atom stereocenters. The molecule has 2 N–H and O–H groups in total. The third-order valence-electron chi connectivity index (χ3n) is 3.16. The Kier molecular flexibility index (Phi) is 5.08. The molecule has 0 aliphatic carbocycles. The second kappa shape index (κ2) is 6.00. The van der Waals surface area contributed by atoms with Gasteiger partial charge in [-0.15, -0.1) is 0 Å². The quantitative estimate of drug-likeness (QED) is 0.868. The summed E-state index contributed by atoms with van der Waals surface area (Å²) in [6.07, 6.45) is 0. The van der Waals surface area contributed by atoms with Crippen molar-refractivity contribution in [2.75, 3.05) is 0 Å². The van der Waals surface area contributed by atoms with Crippen molar-refractivity contribution in [3.8, 4) is 0 Å². The summed E-state index contributed by atoms with van der Waals surface area (Å²) in [5, 5.41) is 8.83. The molecule has 0 fully saturated rings. The topological polar surface area (TPSA) is 66.4 Å². The first-order chi connectivity index (χ1) is 9.84. The van der Waals surface area contributed by atoms with E-state index in [1.54, 1.807) is 0 Å². The summed E-state index contributed by atoms with van der Waals surface area (Å²) in [5.41, 5.74) is -3.25. The molecule has 1 aromatic carbocycles. The summed E-state index contributed by atoms with van der Waals surface area (Å²) in [6.45, 7) is 5.40. The number of hydrogen-bond acceptors (Lipinski definition) is 2. The van der Waals surface area contributed by atoms with Crippen molar-refractivity contribution in [3.05, 3.63) is 35.6 Å². The van der Waals surface area contributed by atoms with Crippen molar-refractivity contribution >= 4 is 17.0 Å². The van der Waals surface area contributed by atoms with Crippen LogP contribution in [-0.2, 0) is 21.3 Å². The number of nitrogens with one attached hydrogen (secondary N) is 1. The number of hydrogen-bond donors (Lipinski definition) is 2. The molecule has 0 aliphatic rings. The number of aliphatic carboxylic acids is 1. The fraction of sp³-hybridized carbons (Fsp3) is 0.500. The van der Waals surface area contributed by atoms with Crippen LogP contribution >= 0.6 is 0 Å². The zero-order valence-electron chi connectivity index (χ0n) is 12.6. The van der Waals surface area contributed by atoms with Gasteiger partial charge in [-0.2, -0.15) is 8.78 Å². The summed E-state index contributed by atoms with van der Waals surface area (Å²) < 4.78 is 55.8. The lowest BCUT2D eigenvalue weighted by atomic mass is 9.86. The first kappa shape index (κ1) is 18.6. The lowest BCUT2D eigenvalue weighted by Gasteiger charge is -2.37. The predicted octanol–water partition coefficient (Wildman–Crippen LogP) is 2.81. The van der Waals surface area contributed by atoms with Gasteiger partial charge in [0.25, 0.3) is 0 Å². The smallest absolute Gasteiger partial charge is 0.377 e. The van der Waals surface area contributed by atoms with Crippen LogP contribution in [0.25, 0.3) is 0 Å². The second-order valence-electron chi connectivity index (χ2n) is 5.97. The van der Waals surface area contributed by atoms with E-state index in [0.717, 1.165) is 19.1 Å². The molecule has 0 heterocycles. The minimum absolute atomic E-state index is 0.569. The van der Waals surface area contributed by atoms with Crippen molar-refractivity contribution < 1.29 is 27.3 Å². The Morgan fingerprint density at radius 2 is 1.68 bits per heavy atom. The van der Waals surface area contributed by atoms with E-state index < -0.39 is 44.5 Å². The van der Waals surface area contributed by atoms with Crippen LogP contribution in [0.3, 0.4) is 0 Å².